The molecule has 57 heavy (non-hydrogen) atoms. The number of H-pyrrole nitrogens is 2. The van der Waals surface area contributed by atoms with Crippen molar-refractivity contribution >= 4 is 65.5 Å². The van der Waals surface area contributed by atoms with Crippen molar-refractivity contribution in [3.63, 3.8) is 0 Å². The normalized spacial score (nSPS) is 29.0. The van der Waals surface area contributed by atoms with Gasteiger partial charge in [-0.15, -0.1) is 0 Å². The molecular formula is C20H30N10O23P4. The summed E-state index contributed by atoms with van der Waals surface area (Å²) in [5, 5.41) is 59.3. The Morgan fingerprint density at radius 2 is 1.16 bits per heavy atom. The minimum absolute atomic E-state index is 0.0388. The van der Waals surface area contributed by atoms with E-state index in [4.69, 9.17) is 40.7 Å². The maximum Gasteiger partial charge on any atom is 0.490 e. The van der Waals surface area contributed by atoms with Crippen LogP contribution in [0.5, 0.6) is 0 Å². The highest BCUT2D eigenvalue weighted by molar-refractivity contribution is 7.69. The van der Waals surface area contributed by atoms with Gasteiger partial charge in [-0.3, -0.25) is 33.2 Å². The molecule has 4 aromatic rings. The van der Waals surface area contributed by atoms with Crippen molar-refractivity contribution in [1.29, 1.82) is 0 Å². The minimum atomic E-state index is -6.17. The molecule has 6 rings (SSSR count). The molecule has 17 N–H and O–H groups in total. The Kier molecular flexibility index (Phi) is 12.8. The molecule has 0 spiro atoms. The fraction of sp³-hybridized carbons (Fsp3) is 0.500. The highest BCUT2D eigenvalue weighted by Crippen LogP contribution is 2.71. The highest BCUT2D eigenvalue weighted by atomic mass is 31.3. The zero-order valence-electron chi connectivity index (χ0n) is 27.5. The Balaban J connectivity index is 0.000000259. The van der Waals surface area contributed by atoms with Crippen LogP contribution < -0.4 is 22.6 Å². The van der Waals surface area contributed by atoms with Crippen molar-refractivity contribution in [2.45, 2.75) is 55.4 Å². The van der Waals surface area contributed by atoms with Crippen LogP contribution in [0.2, 0.25) is 0 Å². The number of hydrogen-bond acceptors (Lipinski definition) is 24. The lowest BCUT2D eigenvalue weighted by molar-refractivity contribution is -0.160. The quantitative estimate of drug-likeness (QED) is 0.0465. The maximum atomic E-state index is 12.0. The summed E-state index contributed by atoms with van der Waals surface area (Å²) in [5.41, 5.74) is 9.28. The van der Waals surface area contributed by atoms with Crippen molar-refractivity contribution in [1.82, 2.24) is 39.0 Å². The summed E-state index contributed by atoms with van der Waals surface area (Å²) in [5.74, 6) is -0.462. The van der Waals surface area contributed by atoms with E-state index in [0.29, 0.717) is 0 Å². The second kappa shape index (κ2) is 16.3. The number of imidazole rings is 2. The van der Waals surface area contributed by atoms with Crippen LogP contribution in [0.3, 0.4) is 0 Å². The van der Waals surface area contributed by atoms with E-state index < -0.39 is 104 Å². The largest absolute Gasteiger partial charge is 0.490 e. The molecule has 318 valence electrons. The maximum absolute atomic E-state index is 12.0. The average Bonchev–Trinajstić information content (AvgIpc) is 3.80. The molecular weight excluding hydrogens is 872 g/mol. The van der Waals surface area contributed by atoms with Crippen molar-refractivity contribution in [3.05, 3.63) is 33.4 Å². The molecule has 0 radical (unpaired) electrons. The third-order valence-corrected chi connectivity index (χ3v) is 12.8. The predicted molar refractivity (Wildman–Crippen MR) is 176 cm³/mol. The molecule has 37 heteroatoms. The van der Waals surface area contributed by atoms with E-state index in [9.17, 15) is 63.2 Å². The van der Waals surface area contributed by atoms with Gasteiger partial charge in [-0.25, -0.2) is 28.2 Å². The average molecular weight is 902 g/mol. The molecule has 33 nitrogen and oxygen atoms in total. The number of rotatable bonds is 12. The Bertz CT molecular complexity index is 2440. The van der Waals surface area contributed by atoms with E-state index in [1.54, 1.807) is 0 Å². The fourth-order valence-electron chi connectivity index (χ4n) is 5.16. The van der Waals surface area contributed by atoms with Crippen LogP contribution >= 0.6 is 31.3 Å². The number of nitrogen functional groups attached to an aromatic ring is 2. The van der Waals surface area contributed by atoms with Gasteiger partial charge in [0.2, 0.25) is 11.9 Å². The summed E-state index contributed by atoms with van der Waals surface area (Å²) >= 11 is 0. The Labute approximate surface area is 311 Å². The van der Waals surface area contributed by atoms with Crippen molar-refractivity contribution in [3.8, 4) is 0 Å². The molecule has 2 fully saturated rings. The number of anilines is 2. The van der Waals surface area contributed by atoms with Crippen LogP contribution in [-0.2, 0) is 45.2 Å². The molecule has 0 aromatic carbocycles. The lowest BCUT2D eigenvalue weighted by Gasteiger charge is -2.24. The molecule has 0 amide bonds. The Hall–Kier alpha value is -3.46. The first-order valence-corrected chi connectivity index (χ1v) is 20.9. The molecule has 2 aliphatic rings. The first kappa shape index (κ1) is 44.6. The van der Waals surface area contributed by atoms with Gasteiger partial charge in [0, 0.05) is 0 Å². The van der Waals surface area contributed by atoms with Crippen LogP contribution in [0.25, 0.3) is 22.3 Å². The summed E-state index contributed by atoms with van der Waals surface area (Å²) in [6, 6.07) is 0. The topological polar surface area (TPSA) is 525 Å². The third-order valence-electron chi connectivity index (χ3n) is 7.39. The molecule has 2 saturated heterocycles. The summed E-state index contributed by atoms with van der Waals surface area (Å²) in [7, 11) is -24.0. The Morgan fingerprint density at radius 3 is 1.61 bits per heavy atom. The number of nitrogens with two attached hydrogens (primary N) is 2. The standard InChI is InChI=1S/C10H17N5O18P4.C10H13N5O5/c11-10-13-6-2(7(18)14-10)12-1-15(6)8-4(17)3(16)5(29-8)9(19)30-35(23,24)32-37(27,28)33-36(25,26)31-34(20,21)22;11-10-13-7-4(8(19)14-10)12-2-15(7)9-6(18)5(17)3(1-16)20-9/h1,3-5,8-9,16-17,19H,(H,23,24)(H,25,26)(H,27,28)(H2,20,21,22)(H3,11,13,14,18);2-3,5-6,9,16-18H,1H2,(H3,11,13,14,19)/t3-,4+,5-,8+,9?;3-,5-,6-,9-/m01/s1. The number of aliphatic hydroxyl groups excluding tert-OH is 6. The number of nitrogens with zero attached hydrogens (tertiary/aromatic N) is 6. The van der Waals surface area contributed by atoms with Crippen LogP contribution in [0, 0.1) is 0 Å². The second-order valence-corrected chi connectivity index (χ2v) is 17.4. The SMILES string of the molecule is Nc1nc2c(ncn2[C@@H]2O[C@H](C(O)OP(=O)(O)OP(=O)(O)OP(=O)(O)OP(=O)(O)O)[C@@H](O)[C@H]2O)c(=O)[nH]1.Nc1nc2c(ncn2[C@@H]2O[C@H](CO)[C@@H](O)[C@H]2O)c(=O)[nH]1. The first-order valence-electron chi connectivity index (χ1n) is 14.9. The number of phosphoric ester groups is 1. The summed E-state index contributed by atoms with van der Waals surface area (Å²) < 4.78 is 72.8. The van der Waals surface area contributed by atoms with Gasteiger partial charge < -0.3 is 76.0 Å². The van der Waals surface area contributed by atoms with Gasteiger partial charge >= 0.3 is 31.3 Å². The molecule has 12 atom stereocenters. The van der Waals surface area contributed by atoms with Crippen molar-refractivity contribution < 1.29 is 100 Å². The number of ether oxygens (including phenoxy) is 2. The number of hydrogen-bond donors (Lipinski definition) is 15. The highest BCUT2D eigenvalue weighted by Gasteiger charge is 2.51. The van der Waals surface area contributed by atoms with Gasteiger partial charge in [-0.1, -0.05) is 0 Å². The van der Waals surface area contributed by atoms with E-state index in [1.807, 2.05) is 0 Å². The molecule has 0 saturated carbocycles. The van der Waals surface area contributed by atoms with Crippen molar-refractivity contribution in [2.24, 2.45) is 0 Å². The number of aliphatic hydroxyl groups is 6. The van der Waals surface area contributed by atoms with E-state index in [2.05, 4.69) is 47.4 Å². The van der Waals surface area contributed by atoms with Gasteiger partial charge in [0.15, 0.2) is 41.1 Å². The molecule has 6 heterocycles. The second-order valence-electron chi connectivity index (χ2n) is 11.4. The number of nitrogens with one attached hydrogen (secondary N) is 2. The fourth-order valence-corrected chi connectivity index (χ4v) is 9.64. The zero-order chi connectivity index (χ0) is 42.6. The number of phosphoric acid groups is 4. The van der Waals surface area contributed by atoms with E-state index >= 15 is 0 Å². The van der Waals surface area contributed by atoms with E-state index in [1.165, 1.54) is 10.9 Å². The Morgan fingerprint density at radius 1 is 0.719 bits per heavy atom. The summed E-state index contributed by atoms with van der Waals surface area (Å²) in [6.45, 7) is -0.447. The smallest absolute Gasteiger partial charge is 0.394 e. The van der Waals surface area contributed by atoms with Gasteiger partial charge in [0.1, 0.15) is 36.6 Å². The third kappa shape index (κ3) is 10.1. The van der Waals surface area contributed by atoms with Gasteiger partial charge in [0.05, 0.1) is 19.3 Å². The zero-order valence-corrected chi connectivity index (χ0v) is 31.1. The summed E-state index contributed by atoms with van der Waals surface area (Å²) in [6.07, 6.45) is -12.8. The van der Waals surface area contributed by atoms with Crippen LogP contribution in [0.4, 0.5) is 11.9 Å². The molecule has 0 bridgehead atoms. The molecule has 2 aliphatic heterocycles. The van der Waals surface area contributed by atoms with E-state index in [-0.39, 0.29) is 34.2 Å². The molecule has 4 unspecified atom stereocenters. The number of aromatic amines is 2. The minimum Gasteiger partial charge on any atom is -0.394 e. The van der Waals surface area contributed by atoms with E-state index in [0.717, 1.165) is 10.9 Å². The van der Waals surface area contributed by atoms with Crippen LogP contribution in [0.15, 0.2) is 22.2 Å². The molecule has 0 aliphatic carbocycles. The number of aromatic nitrogens is 8. The van der Waals surface area contributed by atoms with Crippen LogP contribution in [0.1, 0.15) is 12.5 Å². The lowest BCUT2D eigenvalue weighted by Crippen LogP contribution is -2.39. The number of fused-ring (bicyclic) bond motifs is 2. The monoisotopic (exact) mass is 902 g/mol. The van der Waals surface area contributed by atoms with Gasteiger partial charge in [-0.05, 0) is 0 Å². The van der Waals surface area contributed by atoms with Gasteiger partial charge in [-0.2, -0.15) is 22.9 Å². The lowest BCUT2D eigenvalue weighted by atomic mass is 10.1. The van der Waals surface area contributed by atoms with Crippen LogP contribution in [-0.4, -0.2) is 144 Å². The predicted octanol–water partition coefficient (Wildman–Crippen LogP) is -5.59. The molecule has 4 aromatic heterocycles. The first-order chi connectivity index (χ1) is 26.2. The van der Waals surface area contributed by atoms with Gasteiger partial charge in [0.25, 0.3) is 11.1 Å². The summed E-state index contributed by atoms with van der Waals surface area (Å²) in [4.78, 5) is 88.3. The van der Waals surface area contributed by atoms with Crippen molar-refractivity contribution in [2.75, 3.05) is 18.1 Å².